The standard InChI is InChI=1S/C22H25N3O7S/c1-3-14-9-18(25(30)31)16(10-19(14)33-15-7-5-4-6-8-15)13(2)12-32-22(29)24-17(21(27)28)11-20(23)26/h4-10,13,17H,3,11-12H2,1-2H3,(H2,23,26)(H,24,29)(H,27,28). The van der Waals surface area contributed by atoms with Gasteiger partial charge in [-0.15, -0.1) is 0 Å². The molecule has 4 N–H and O–H groups in total. The van der Waals surface area contributed by atoms with Gasteiger partial charge < -0.3 is 20.9 Å². The Bertz CT molecular complexity index is 1030. The van der Waals surface area contributed by atoms with E-state index in [4.69, 9.17) is 15.6 Å². The molecule has 2 aromatic rings. The Hall–Kier alpha value is -3.60. The van der Waals surface area contributed by atoms with Gasteiger partial charge in [0.25, 0.3) is 5.69 Å². The molecular formula is C22H25N3O7S. The number of rotatable bonds is 11. The van der Waals surface area contributed by atoms with Crippen molar-refractivity contribution in [2.45, 2.75) is 48.4 Å². The van der Waals surface area contributed by atoms with Gasteiger partial charge in [-0.1, -0.05) is 43.8 Å². The fourth-order valence-electron chi connectivity index (χ4n) is 3.04. The summed E-state index contributed by atoms with van der Waals surface area (Å²) in [4.78, 5) is 47.2. The topological polar surface area (TPSA) is 162 Å². The molecule has 11 heteroatoms. The van der Waals surface area contributed by atoms with Crippen molar-refractivity contribution in [2.75, 3.05) is 6.61 Å². The highest BCUT2D eigenvalue weighted by Gasteiger charge is 2.26. The SMILES string of the molecule is CCc1cc([N+](=O)[O-])c(C(C)COC(=O)NC(CC(N)=O)C(=O)O)cc1Sc1ccccc1. The summed E-state index contributed by atoms with van der Waals surface area (Å²) >= 11 is 1.48. The zero-order chi connectivity index (χ0) is 24.5. The van der Waals surface area contributed by atoms with E-state index >= 15 is 0 Å². The van der Waals surface area contributed by atoms with Crippen molar-refractivity contribution in [3.8, 4) is 0 Å². The fourth-order valence-corrected chi connectivity index (χ4v) is 4.11. The van der Waals surface area contributed by atoms with Crippen molar-refractivity contribution >= 4 is 35.4 Å². The van der Waals surface area contributed by atoms with Crippen LogP contribution >= 0.6 is 11.8 Å². The number of hydrogen-bond acceptors (Lipinski definition) is 7. The number of nitrogens with one attached hydrogen (secondary N) is 1. The summed E-state index contributed by atoms with van der Waals surface area (Å²) in [5.74, 6) is -2.89. The summed E-state index contributed by atoms with van der Waals surface area (Å²) in [6.45, 7) is 3.34. The molecule has 0 saturated heterocycles. The van der Waals surface area contributed by atoms with Crippen LogP contribution in [-0.4, -0.2) is 40.6 Å². The minimum absolute atomic E-state index is 0.0853. The molecule has 2 amide bonds. The largest absolute Gasteiger partial charge is 0.480 e. The summed E-state index contributed by atoms with van der Waals surface area (Å²) in [5, 5.41) is 22.8. The number of primary amides is 1. The predicted molar refractivity (Wildman–Crippen MR) is 121 cm³/mol. The lowest BCUT2D eigenvalue weighted by Crippen LogP contribution is -2.43. The van der Waals surface area contributed by atoms with Gasteiger partial charge in [-0.2, -0.15) is 0 Å². The van der Waals surface area contributed by atoms with Crippen LogP contribution in [0.15, 0.2) is 52.3 Å². The zero-order valence-electron chi connectivity index (χ0n) is 18.1. The number of nitrogens with zero attached hydrogens (tertiary/aromatic N) is 1. The molecule has 0 aliphatic rings. The first-order chi connectivity index (χ1) is 15.6. The third-order valence-electron chi connectivity index (χ3n) is 4.75. The van der Waals surface area contributed by atoms with Crippen LogP contribution in [0.3, 0.4) is 0 Å². The quantitative estimate of drug-likeness (QED) is 0.329. The lowest BCUT2D eigenvalue weighted by molar-refractivity contribution is -0.385. The predicted octanol–water partition coefficient (Wildman–Crippen LogP) is 3.47. The molecule has 0 spiro atoms. The number of ether oxygens (including phenoxy) is 1. The van der Waals surface area contributed by atoms with Crippen LogP contribution in [0.5, 0.6) is 0 Å². The van der Waals surface area contributed by atoms with Gasteiger partial charge in [0, 0.05) is 27.3 Å². The Morgan fingerprint density at radius 1 is 1.24 bits per heavy atom. The van der Waals surface area contributed by atoms with Crippen molar-refractivity contribution in [3.05, 3.63) is 63.7 Å². The summed E-state index contributed by atoms with van der Waals surface area (Å²) in [5.41, 5.74) is 6.10. The van der Waals surface area contributed by atoms with E-state index in [1.807, 2.05) is 37.3 Å². The molecule has 2 atom stereocenters. The molecule has 0 fully saturated rings. The summed E-state index contributed by atoms with van der Waals surface area (Å²) < 4.78 is 5.08. The molecule has 0 bridgehead atoms. The second-order valence-electron chi connectivity index (χ2n) is 7.25. The molecule has 2 aromatic carbocycles. The summed E-state index contributed by atoms with van der Waals surface area (Å²) in [6.07, 6.45) is -1.06. The molecule has 10 nitrogen and oxygen atoms in total. The second kappa shape index (κ2) is 11.9. The van der Waals surface area contributed by atoms with Crippen molar-refractivity contribution in [3.63, 3.8) is 0 Å². The highest BCUT2D eigenvalue weighted by Crippen LogP contribution is 2.37. The Morgan fingerprint density at radius 2 is 1.91 bits per heavy atom. The average molecular weight is 476 g/mol. The minimum Gasteiger partial charge on any atom is -0.480 e. The third kappa shape index (κ3) is 7.49. The Kier molecular flexibility index (Phi) is 9.22. The van der Waals surface area contributed by atoms with Gasteiger partial charge in [0.1, 0.15) is 12.6 Å². The normalized spacial score (nSPS) is 12.4. The summed E-state index contributed by atoms with van der Waals surface area (Å²) in [6, 6.07) is 11.3. The fraction of sp³-hybridized carbons (Fsp3) is 0.318. The van der Waals surface area contributed by atoms with Crippen LogP contribution in [0.2, 0.25) is 0 Å². The van der Waals surface area contributed by atoms with E-state index in [0.29, 0.717) is 12.0 Å². The molecule has 0 aliphatic heterocycles. The molecular weight excluding hydrogens is 450 g/mol. The number of alkyl carbamates (subject to hydrolysis) is 1. The molecule has 0 radical (unpaired) electrons. The molecule has 2 unspecified atom stereocenters. The van der Waals surface area contributed by atoms with Crippen LogP contribution in [0.4, 0.5) is 10.5 Å². The molecule has 0 heterocycles. The van der Waals surface area contributed by atoms with E-state index in [1.165, 1.54) is 17.8 Å². The molecule has 33 heavy (non-hydrogen) atoms. The van der Waals surface area contributed by atoms with Gasteiger partial charge in [0.05, 0.1) is 11.3 Å². The number of carboxylic acids is 1. The van der Waals surface area contributed by atoms with Crippen LogP contribution in [0.1, 0.15) is 37.3 Å². The number of hydrogen-bond donors (Lipinski definition) is 3. The lowest BCUT2D eigenvalue weighted by atomic mass is 9.97. The van der Waals surface area contributed by atoms with E-state index in [-0.39, 0.29) is 12.3 Å². The number of carbonyl (C=O) groups excluding carboxylic acids is 2. The summed E-state index contributed by atoms with van der Waals surface area (Å²) in [7, 11) is 0. The van der Waals surface area contributed by atoms with Crippen LogP contribution in [0.25, 0.3) is 0 Å². The average Bonchev–Trinajstić information content (AvgIpc) is 2.76. The molecule has 2 rings (SSSR count). The number of amides is 2. The van der Waals surface area contributed by atoms with Gasteiger partial charge in [0.2, 0.25) is 5.91 Å². The van der Waals surface area contributed by atoms with Crippen LogP contribution in [-0.2, 0) is 20.7 Å². The highest BCUT2D eigenvalue weighted by atomic mass is 32.2. The first-order valence-electron chi connectivity index (χ1n) is 10.1. The number of benzene rings is 2. The monoisotopic (exact) mass is 475 g/mol. The molecule has 0 aliphatic carbocycles. The number of carboxylic acid groups (broad SMARTS) is 1. The Morgan fingerprint density at radius 3 is 2.45 bits per heavy atom. The maximum atomic E-state index is 12.0. The number of aryl methyl sites for hydroxylation is 1. The zero-order valence-corrected chi connectivity index (χ0v) is 19.0. The highest BCUT2D eigenvalue weighted by molar-refractivity contribution is 7.99. The maximum Gasteiger partial charge on any atom is 0.407 e. The first-order valence-corrected chi connectivity index (χ1v) is 10.9. The smallest absolute Gasteiger partial charge is 0.407 e. The first kappa shape index (κ1) is 25.7. The van der Waals surface area contributed by atoms with Crippen LogP contribution < -0.4 is 11.1 Å². The van der Waals surface area contributed by atoms with Crippen molar-refractivity contribution < 1.29 is 29.2 Å². The number of carbonyl (C=O) groups is 3. The van der Waals surface area contributed by atoms with Crippen molar-refractivity contribution in [2.24, 2.45) is 5.73 Å². The van der Waals surface area contributed by atoms with Gasteiger partial charge in [0.15, 0.2) is 0 Å². The molecule has 0 saturated carbocycles. The number of aliphatic carboxylic acids is 1. The Balaban J connectivity index is 2.21. The van der Waals surface area contributed by atoms with Gasteiger partial charge in [-0.25, -0.2) is 9.59 Å². The maximum absolute atomic E-state index is 12.0. The van der Waals surface area contributed by atoms with E-state index in [1.54, 1.807) is 13.0 Å². The third-order valence-corrected chi connectivity index (χ3v) is 5.86. The van der Waals surface area contributed by atoms with Crippen molar-refractivity contribution in [1.82, 2.24) is 5.32 Å². The number of nitro benzene ring substituents is 1. The minimum atomic E-state index is -1.53. The van der Waals surface area contributed by atoms with E-state index in [0.717, 1.165) is 15.4 Å². The number of nitrogens with two attached hydrogens (primary N) is 1. The van der Waals surface area contributed by atoms with E-state index in [9.17, 15) is 24.5 Å². The van der Waals surface area contributed by atoms with Gasteiger partial charge in [-0.3, -0.25) is 14.9 Å². The second-order valence-corrected chi connectivity index (χ2v) is 8.36. The van der Waals surface area contributed by atoms with E-state index < -0.39 is 41.3 Å². The van der Waals surface area contributed by atoms with Gasteiger partial charge in [-0.05, 0) is 30.2 Å². The number of nitro groups is 1. The van der Waals surface area contributed by atoms with Gasteiger partial charge >= 0.3 is 12.1 Å². The Labute approximate surface area is 194 Å². The van der Waals surface area contributed by atoms with Crippen LogP contribution in [0, 0.1) is 10.1 Å². The molecule has 0 aromatic heterocycles. The molecule has 176 valence electrons. The lowest BCUT2D eigenvalue weighted by Gasteiger charge is -2.17. The van der Waals surface area contributed by atoms with Crippen molar-refractivity contribution in [1.29, 1.82) is 0 Å². The van der Waals surface area contributed by atoms with E-state index in [2.05, 4.69) is 5.32 Å².